The Hall–Kier alpha value is -1.50. The molecule has 7 heteroatoms. The Balaban J connectivity index is 2.08. The quantitative estimate of drug-likeness (QED) is 0.882. The Morgan fingerprint density at radius 2 is 1.75 bits per heavy atom. The molecular formula is C13H12BrF2NO3. The van der Waals surface area contributed by atoms with Crippen LogP contribution in [0.3, 0.4) is 0 Å². The molecule has 2 atom stereocenters. The predicted octanol–water partition coefficient (Wildman–Crippen LogP) is 3.17. The first kappa shape index (κ1) is 14.9. The largest absolute Gasteiger partial charge is 0.481 e. The third-order valence-electron chi connectivity index (χ3n) is 3.41. The lowest BCUT2D eigenvalue weighted by atomic mass is 10.0. The number of aliphatic carboxylic acids is 1. The highest BCUT2D eigenvalue weighted by molar-refractivity contribution is 9.10. The first-order chi connectivity index (χ1) is 9.38. The number of carboxylic acids is 1. The summed E-state index contributed by atoms with van der Waals surface area (Å²) in [5.41, 5.74) is -0.503. The molecule has 2 rings (SSSR count). The van der Waals surface area contributed by atoms with Crippen molar-refractivity contribution in [3.63, 3.8) is 0 Å². The number of hydrogen-bond donors (Lipinski definition) is 2. The van der Waals surface area contributed by atoms with E-state index < -0.39 is 41.0 Å². The maximum Gasteiger partial charge on any atom is 0.306 e. The molecule has 1 aliphatic carbocycles. The van der Waals surface area contributed by atoms with E-state index >= 15 is 0 Å². The summed E-state index contributed by atoms with van der Waals surface area (Å²) in [4.78, 5) is 22.7. The van der Waals surface area contributed by atoms with Gasteiger partial charge in [-0.25, -0.2) is 8.78 Å². The first-order valence-corrected chi connectivity index (χ1v) is 6.86. The van der Waals surface area contributed by atoms with Crippen LogP contribution in [-0.4, -0.2) is 17.0 Å². The van der Waals surface area contributed by atoms with Crippen molar-refractivity contribution in [1.82, 2.24) is 0 Å². The summed E-state index contributed by atoms with van der Waals surface area (Å²) in [6.45, 7) is 0. The Morgan fingerprint density at radius 1 is 1.20 bits per heavy atom. The van der Waals surface area contributed by atoms with Crippen molar-refractivity contribution in [2.75, 3.05) is 5.32 Å². The normalized spacial score (nSPS) is 21.8. The molecule has 0 aliphatic heterocycles. The van der Waals surface area contributed by atoms with E-state index in [4.69, 9.17) is 5.11 Å². The molecule has 0 radical (unpaired) electrons. The molecule has 1 aromatic carbocycles. The Labute approximate surface area is 122 Å². The average Bonchev–Trinajstić information content (AvgIpc) is 2.83. The minimum Gasteiger partial charge on any atom is -0.481 e. The number of carboxylic acid groups (broad SMARTS) is 1. The standard InChI is InChI=1S/C13H12BrF2NO3/c14-8-4-9(15)11(10(16)5-8)17-12(18)6-1-2-7(3-6)13(19)20/h4-7H,1-3H2,(H,17,18)(H,19,20). The van der Waals surface area contributed by atoms with Crippen LogP contribution in [0.25, 0.3) is 0 Å². The van der Waals surface area contributed by atoms with Crippen LogP contribution >= 0.6 is 15.9 Å². The number of amides is 1. The molecule has 0 saturated heterocycles. The molecule has 20 heavy (non-hydrogen) atoms. The van der Waals surface area contributed by atoms with Gasteiger partial charge in [-0.05, 0) is 31.4 Å². The second-order valence-corrected chi connectivity index (χ2v) is 5.69. The molecule has 1 aromatic rings. The van der Waals surface area contributed by atoms with Crippen molar-refractivity contribution in [1.29, 1.82) is 0 Å². The van der Waals surface area contributed by atoms with Gasteiger partial charge >= 0.3 is 5.97 Å². The summed E-state index contributed by atoms with van der Waals surface area (Å²) in [5, 5.41) is 11.1. The average molecular weight is 348 g/mol. The summed E-state index contributed by atoms with van der Waals surface area (Å²) in [6, 6.07) is 2.10. The van der Waals surface area contributed by atoms with Gasteiger partial charge < -0.3 is 10.4 Å². The molecule has 0 bridgehead atoms. The highest BCUT2D eigenvalue weighted by atomic mass is 79.9. The van der Waals surface area contributed by atoms with Gasteiger partial charge in [-0.1, -0.05) is 15.9 Å². The summed E-state index contributed by atoms with van der Waals surface area (Å²) in [6.07, 6.45) is 1.00. The maximum atomic E-state index is 13.6. The van der Waals surface area contributed by atoms with Gasteiger partial charge in [-0.3, -0.25) is 9.59 Å². The number of anilines is 1. The van der Waals surface area contributed by atoms with Crippen LogP contribution in [-0.2, 0) is 9.59 Å². The molecule has 1 saturated carbocycles. The number of carbonyl (C=O) groups excluding carboxylic acids is 1. The van der Waals surface area contributed by atoms with Gasteiger partial charge in [0.15, 0.2) is 11.6 Å². The molecule has 0 spiro atoms. The van der Waals surface area contributed by atoms with Gasteiger partial charge in [0.05, 0.1) is 5.92 Å². The van der Waals surface area contributed by atoms with E-state index in [1.807, 2.05) is 0 Å². The molecule has 108 valence electrons. The van der Waals surface area contributed by atoms with Crippen molar-refractivity contribution in [3.8, 4) is 0 Å². The maximum absolute atomic E-state index is 13.6. The van der Waals surface area contributed by atoms with Gasteiger partial charge in [0.1, 0.15) is 5.69 Å². The van der Waals surface area contributed by atoms with E-state index in [9.17, 15) is 18.4 Å². The predicted molar refractivity (Wildman–Crippen MR) is 71.2 cm³/mol. The van der Waals surface area contributed by atoms with E-state index in [-0.39, 0.29) is 10.9 Å². The van der Waals surface area contributed by atoms with Crippen LogP contribution in [0.2, 0.25) is 0 Å². The topological polar surface area (TPSA) is 66.4 Å². The van der Waals surface area contributed by atoms with Gasteiger partial charge in [-0.2, -0.15) is 0 Å². The zero-order valence-corrected chi connectivity index (χ0v) is 11.9. The number of halogens is 3. The Bertz CT molecular complexity index is 542. The Kier molecular flexibility index (Phi) is 4.37. The molecule has 0 heterocycles. The van der Waals surface area contributed by atoms with Crippen molar-refractivity contribution in [2.24, 2.45) is 11.8 Å². The third-order valence-corrected chi connectivity index (χ3v) is 3.87. The smallest absolute Gasteiger partial charge is 0.306 e. The molecule has 1 fully saturated rings. The van der Waals surface area contributed by atoms with Crippen LogP contribution in [0.15, 0.2) is 16.6 Å². The molecule has 2 N–H and O–H groups in total. The lowest BCUT2D eigenvalue weighted by molar-refractivity contribution is -0.141. The summed E-state index contributed by atoms with van der Waals surface area (Å²) < 4.78 is 27.4. The fraction of sp³-hybridized carbons (Fsp3) is 0.385. The number of benzene rings is 1. The SMILES string of the molecule is O=C(O)C1CCC(C(=O)Nc2c(F)cc(Br)cc2F)C1. The van der Waals surface area contributed by atoms with E-state index in [1.165, 1.54) is 0 Å². The molecule has 2 unspecified atom stereocenters. The van der Waals surface area contributed by atoms with Crippen LogP contribution < -0.4 is 5.32 Å². The van der Waals surface area contributed by atoms with Gasteiger partial charge in [0.25, 0.3) is 0 Å². The summed E-state index contributed by atoms with van der Waals surface area (Å²) in [7, 11) is 0. The van der Waals surface area contributed by atoms with E-state index in [2.05, 4.69) is 21.2 Å². The minimum atomic E-state index is -0.943. The van der Waals surface area contributed by atoms with Crippen LogP contribution in [0.1, 0.15) is 19.3 Å². The number of carbonyl (C=O) groups is 2. The molecule has 1 amide bonds. The minimum absolute atomic E-state index is 0.195. The van der Waals surface area contributed by atoms with Crippen molar-refractivity contribution < 1.29 is 23.5 Å². The number of nitrogens with one attached hydrogen (secondary N) is 1. The highest BCUT2D eigenvalue weighted by Crippen LogP contribution is 2.32. The third kappa shape index (κ3) is 3.15. The zero-order valence-electron chi connectivity index (χ0n) is 10.3. The van der Waals surface area contributed by atoms with Crippen molar-refractivity contribution >= 4 is 33.5 Å². The molecule has 1 aliphatic rings. The first-order valence-electron chi connectivity index (χ1n) is 6.06. The monoisotopic (exact) mass is 347 g/mol. The molecule has 0 aromatic heterocycles. The van der Waals surface area contributed by atoms with Gasteiger partial charge in [-0.15, -0.1) is 0 Å². The van der Waals surface area contributed by atoms with Gasteiger partial charge in [0, 0.05) is 10.4 Å². The van der Waals surface area contributed by atoms with Crippen LogP contribution in [0.5, 0.6) is 0 Å². The van der Waals surface area contributed by atoms with Crippen molar-refractivity contribution in [3.05, 3.63) is 28.2 Å². The lowest BCUT2D eigenvalue weighted by Gasteiger charge is -2.12. The van der Waals surface area contributed by atoms with E-state index in [0.717, 1.165) is 12.1 Å². The lowest BCUT2D eigenvalue weighted by Crippen LogP contribution is -2.23. The van der Waals surface area contributed by atoms with E-state index in [1.54, 1.807) is 0 Å². The van der Waals surface area contributed by atoms with E-state index in [0.29, 0.717) is 12.8 Å². The highest BCUT2D eigenvalue weighted by Gasteiger charge is 2.34. The second kappa shape index (κ2) is 5.87. The second-order valence-electron chi connectivity index (χ2n) is 4.78. The number of hydrogen-bond acceptors (Lipinski definition) is 2. The van der Waals surface area contributed by atoms with Gasteiger partial charge in [0.2, 0.25) is 5.91 Å². The zero-order chi connectivity index (χ0) is 14.9. The Morgan fingerprint density at radius 3 is 2.25 bits per heavy atom. The fourth-order valence-corrected chi connectivity index (χ4v) is 2.73. The summed E-state index contributed by atoms with van der Waals surface area (Å²) >= 11 is 2.95. The van der Waals surface area contributed by atoms with Crippen molar-refractivity contribution in [2.45, 2.75) is 19.3 Å². The fourth-order valence-electron chi connectivity index (χ4n) is 2.33. The number of rotatable bonds is 3. The van der Waals surface area contributed by atoms with Crippen LogP contribution in [0.4, 0.5) is 14.5 Å². The van der Waals surface area contributed by atoms with Crippen LogP contribution in [0, 0.1) is 23.5 Å². The summed E-state index contributed by atoms with van der Waals surface area (Å²) in [5.74, 6) is -4.34. The molecule has 4 nitrogen and oxygen atoms in total. The molecular weight excluding hydrogens is 336 g/mol.